The Bertz CT molecular complexity index is 223. The molecule has 2 nitrogen and oxygen atoms in total. The van der Waals surface area contributed by atoms with Crippen LogP contribution in [-0.4, -0.2) is 53.1 Å². The van der Waals surface area contributed by atoms with E-state index in [0.29, 0.717) is 0 Å². The summed E-state index contributed by atoms with van der Waals surface area (Å²) >= 11 is -1.90. The molecule has 17 heavy (non-hydrogen) atoms. The Hall–Kier alpha value is 0.719. The van der Waals surface area contributed by atoms with Crippen LogP contribution in [0.3, 0.4) is 0 Å². The molecule has 0 N–H and O–H groups in total. The zero-order valence-electron chi connectivity index (χ0n) is 11.9. The third kappa shape index (κ3) is 4.39. The number of hydrogen-bond acceptors (Lipinski definition) is 2. The summed E-state index contributed by atoms with van der Waals surface area (Å²) in [5.74, 6) is 0. The number of hydrogen-bond donors (Lipinski definition) is 0. The molecule has 100 valence electrons. The van der Waals surface area contributed by atoms with Crippen molar-refractivity contribution >= 4 is 18.4 Å². The Balaban J connectivity index is 1.98. The minimum absolute atomic E-state index is 0.0719. The van der Waals surface area contributed by atoms with Crippen molar-refractivity contribution in [3.05, 3.63) is 0 Å². The molecular weight excluding hydrogens is 317 g/mol. The standard InChI is InChI=1S/C9H18N.C5H11O.Sn/c1-4-7-10(8-5-2)9-6-3;1-5(2,3)6-4;/h1-9H2;4H2,1-3H3;. The fraction of sp³-hybridized carbons (Fsp3) is 1.00. The first-order chi connectivity index (χ1) is 7.99. The molecular formula is C14H29NOSn. The molecule has 0 spiro atoms. The average molecular weight is 346 g/mol. The molecule has 3 aliphatic heterocycles. The van der Waals surface area contributed by atoms with Gasteiger partial charge >= 0.3 is 111 Å². The summed E-state index contributed by atoms with van der Waals surface area (Å²) in [6, 6.07) is 0. The van der Waals surface area contributed by atoms with Gasteiger partial charge in [-0.05, 0) is 0 Å². The van der Waals surface area contributed by atoms with E-state index in [2.05, 4.69) is 25.7 Å². The number of fused-ring (bicyclic) bond motifs is 6. The van der Waals surface area contributed by atoms with Crippen molar-refractivity contribution in [1.29, 1.82) is 0 Å². The van der Waals surface area contributed by atoms with Gasteiger partial charge in [0.05, 0.1) is 0 Å². The zero-order chi connectivity index (χ0) is 12.4. The predicted octanol–water partition coefficient (Wildman–Crippen LogP) is 3.29. The van der Waals surface area contributed by atoms with E-state index in [1.807, 2.05) is 0 Å². The second-order valence-corrected chi connectivity index (χ2v) is 20.7. The molecule has 0 aromatic carbocycles. The quantitative estimate of drug-likeness (QED) is 0.712. The maximum absolute atomic E-state index is 6.22. The van der Waals surface area contributed by atoms with Crippen LogP contribution in [0.15, 0.2) is 0 Å². The zero-order valence-corrected chi connectivity index (χ0v) is 14.8. The van der Waals surface area contributed by atoms with Gasteiger partial charge in [-0.1, -0.05) is 0 Å². The molecule has 0 unspecified atom stereocenters. The molecule has 0 aromatic rings. The fourth-order valence-electron chi connectivity index (χ4n) is 3.33. The van der Waals surface area contributed by atoms with E-state index in [9.17, 15) is 0 Å². The van der Waals surface area contributed by atoms with Crippen LogP contribution in [0, 0.1) is 0 Å². The summed E-state index contributed by atoms with van der Waals surface area (Å²) in [6.45, 7) is 10.7. The van der Waals surface area contributed by atoms with E-state index in [1.54, 1.807) is 13.3 Å². The van der Waals surface area contributed by atoms with Crippen molar-refractivity contribution in [3.8, 4) is 0 Å². The minimum atomic E-state index is -1.90. The molecule has 0 saturated carbocycles. The van der Waals surface area contributed by atoms with E-state index >= 15 is 0 Å². The summed E-state index contributed by atoms with van der Waals surface area (Å²) in [5.41, 5.74) is 0.0719. The molecule has 3 saturated heterocycles. The second kappa shape index (κ2) is 5.79. The molecule has 0 radical (unpaired) electrons. The SMILES string of the molecule is CC(C)(C)O[CH2][Sn]12[CH2]CCN(CC[CH2]1)CC[CH2]2. The third-order valence-corrected chi connectivity index (χ3v) is 18.6. The molecule has 3 heteroatoms. The van der Waals surface area contributed by atoms with Gasteiger partial charge in [-0.2, -0.15) is 0 Å². The van der Waals surface area contributed by atoms with Crippen molar-refractivity contribution in [2.45, 2.75) is 58.9 Å². The molecule has 3 fully saturated rings. The number of ether oxygens (including phenoxy) is 1. The van der Waals surface area contributed by atoms with Crippen LogP contribution in [-0.2, 0) is 4.74 Å². The number of nitrogens with zero attached hydrogens (tertiary/aromatic N) is 1. The van der Waals surface area contributed by atoms with Crippen molar-refractivity contribution in [2.24, 2.45) is 0 Å². The topological polar surface area (TPSA) is 12.5 Å². The fourth-order valence-corrected chi connectivity index (χ4v) is 16.6. The number of rotatable bonds is 2. The molecule has 2 bridgehead atoms. The maximum atomic E-state index is 6.22. The summed E-state index contributed by atoms with van der Waals surface area (Å²) < 4.78 is 12.2. The molecule has 0 aromatic heterocycles. The van der Waals surface area contributed by atoms with Gasteiger partial charge < -0.3 is 0 Å². The monoisotopic (exact) mass is 347 g/mol. The van der Waals surface area contributed by atoms with Crippen LogP contribution in [0.4, 0.5) is 0 Å². The Morgan fingerprint density at radius 2 is 1.41 bits per heavy atom. The van der Waals surface area contributed by atoms with Gasteiger partial charge in [0.25, 0.3) is 0 Å². The van der Waals surface area contributed by atoms with Crippen LogP contribution in [0.1, 0.15) is 40.0 Å². The Kier molecular flexibility index (Phi) is 4.81. The summed E-state index contributed by atoms with van der Waals surface area (Å²) in [7, 11) is 0. The molecule has 0 atom stereocenters. The summed E-state index contributed by atoms with van der Waals surface area (Å²) in [5, 5.41) is 0. The van der Waals surface area contributed by atoms with Crippen LogP contribution < -0.4 is 0 Å². The normalized spacial score (nSPS) is 35.1. The summed E-state index contributed by atoms with van der Waals surface area (Å²) in [6.07, 6.45) is 4.39. The predicted molar refractivity (Wildman–Crippen MR) is 76.2 cm³/mol. The first-order valence-electron chi connectivity index (χ1n) is 7.36. The van der Waals surface area contributed by atoms with Crippen LogP contribution in [0.5, 0.6) is 0 Å². The summed E-state index contributed by atoms with van der Waals surface area (Å²) in [4.78, 5) is 2.69. The van der Waals surface area contributed by atoms with Crippen molar-refractivity contribution < 1.29 is 4.74 Å². The van der Waals surface area contributed by atoms with Crippen LogP contribution in [0.25, 0.3) is 0 Å². The van der Waals surface area contributed by atoms with Gasteiger partial charge in [0.2, 0.25) is 0 Å². The van der Waals surface area contributed by atoms with E-state index in [4.69, 9.17) is 4.74 Å². The van der Waals surface area contributed by atoms with Crippen LogP contribution in [0.2, 0.25) is 13.3 Å². The first kappa shape index (κ1) is 14.1. The van der Waals surface area contributed by atoms with Gasteiger partial charge in [-0.3, -0.25) is 0 Å². The van der Waals surface area contributed by atoms with Crippen molar-refractivity contribution in [3.63, 3.8) is 0 Å². The van der Waals surface area contributed by atoms with Crippen molar-refractivity contribution in [1.82, 2.24) is 4.90 Å². The van der Waals surface area contributed by atoms with E-state index in [-0.39, 0.29) is 5.60 Å². The Morgan fingerprint density at radius 1 is 0.941 bits per heavy atom. The second-order valence-electron chi connectivity index (χ2n) is 7.05. The first-order valence-corrected chi connectivity index (χ1v) is 15.4. The van der Waals surface area contributed by atoms with Gasteiger partial charge in [0.1, 0.15) is 0 Å². The van der Waals surface area contributed by atoms with Gasteiger partial charge in [0, 0.05) is 0 Å². The van der Waals surface area contributed by atoms with Gasteiger partial charge in [-0.25, -0.2) is 0 Å². The van der Waals surface area contributed by atoms with E-state index < -0.39 is 18.4 Å². The van der Waals surface area contributed by atoms with Crippen molar-refractivity contribution in [2.75, 3.05) is 24.3 Å². The van der Waals surface area contributed by atoms with Gasteiger partial charge in [0.15, 0.2) is 0 Å². The van der Waals surface area contributed by atoms with E-state index in [1.165, 1.54) is 43.5 Å². The Morgan fingerprint density at radius 3 is 1.82 bits per heavy atom. The molecule has 3 aliphatic rings. The third-order valence-electron chi connectivity index (χ3n) is 4.36. The van der Waals surface area contributed by atoms with Crippen LogP contribution >= 0.6 is 0 Å². The van der Waals surface area contributed by atoms with E-state index in [0.717, 1.165) is 0 Å². The Labute approximate surface area is 111 Å². The molecule has 0 aliphatic carbocycles. The molecule has 3 rings (SSSR count). The average Bonchev–Trinajstić information content (AvgIpc) is 2.12. The molecule has 0 amide bonds. The molecule has 3 heterocycles. The van der Waals surface area contributed by atoms with Gasteiger partial charge in [-0.15, -0.1) is 0 Å².